The second-order valence-electron chi connectivity index (χ2n) is 2.99. The van der Waals surface area contributed by atoms with Gasteiger partial charge in [-0.2, -0.15) is 4.37 Å². The number of hydrogen-bond donors (Lipinski definition) is 1. The highest BCUT2D eigenvalue weighted by molar-refractivity contribution is 7.05. The third-order valence-corrected chi connectivity index (χ3v) is 2.46. The molecule has 76 valence electrons. The van der Waals surface area contributed by atoms with Crippen LogP contribution in [0.4, 0.5) is 5.82 Å². The largest absolute Gasteiger partial charge is 0.305 e. The molecule has 2 aromatic rings. The first kappa shape index (κ1) is 9.79. The van der Waals surface area contributed by atoms with Gasteiger partial charge in [0.1, 0.15) is 11.5 Å². The first-order valence-corrected chi connectivity index (χ1v) is 5.19. The molecule has 0 bridgehead atoms. The molecule has 2 heterocycles. The maximum absolute atomic E-state index is 11.6. The van der Waals surface area contributed by atoms with E-state index in [1.54, 1.807) is 24.4 Å². The molecule has 0 aliphatic carbocycles. The lowest BCUT2D eigenvalue weighted by Gasteiger charge is -2.00. The molecule has 0 saturated carbocycles. The average molecular weight is 219 g/mol. The summed E-state index contributed by atoms with van der Waals surface area (Å²) >= 11 is 1.31. The number of carbonyl (C=O) groups is 1. The van der Waals surface area contributed by atoms with Crippen molar-refractivity contribution in [1.82, 2.24) is 9.36 Å². The van der Waals surface area contributed by atoms with Crippen LogP contribution in [0.25, 0.3) is 0 Å². The van der Waals surface area contributed by atoms with E-state index < -0.39 is 0 Å². The van der Waals surface area contributed by atoms with Gasteiger partial charge in [-0.3, -0.25) is 4.79 Å². The van der Waals surface area contributed by atoms with Crippen molar-refractivity contribution in [2.24, 2.45) is 0 Å². The fourth-order valence-corrected chi connectivity index (χ4v) is 1.63. The summed E-state index contributed by atoms with van der Waals surface area (Å²) < 4.78 is 4.01. The number of aryl methyl sites for hydroxylation is 1. The summed E-state index contributed by atoms with van der Waals surface area (Å²) in [6.45, 7) is 1.91. The van der Waals surface area contributed by atoms with E-state index in [4.69, 9.17) is 0 Å². The molecule has 0 aliphatic rings. The van der Waals surface area contributed by atoms with E-state index in [-0.39, 0.29) is 5.91 Å². The second kappa shape index (κ2) is 4.18. The maximum atomic E-state index is 11.6. The highest BCUT2D eigenvalue weighted by atomic mass is 32.1. The van der Waals surface area contributed by atoms with E-state index in [2.05, 4.69) is 14.7 Å². The van der Waals surface area contributed by atoms with Crippen LogP contribution in [0.1, 0.15) is 15.4 Å². The topological polar surface area (TPSA) is 54.9 Å². The van der Waals surface area contributed by atoms with Gasteiger partial charge in [0.25, 0.3) is 5.91 Å². The van der Waals surface area contributed by atoms with E-state index in [9.17, 15) is 4.79 Å². The van der Waals surface area contributed by atoms with E-state index in [1.165, 1.54) is 11.5 Å². The van der Waals surface area contributed by atoms with Crippen molar-refractivity contribution in [3.63, 3.8) is 0 Å². The summed E-state index contributed by atoms with van der Waals surface area (Å²) in [7, 11) is 0. The molecule has 4 nitrogen and oxygen atoms in total. The molecule has 0 aliphatic heterocycles. The predicted octanol–water partition coefficient (Wildman–Crippen LogP) is 2.10. The Labute approximate surface area is 91.2 Å². The predicted molar refractivity (Wildman–Crippen MR) is 59.0 cm³/mol. The molecule has 15 heavy (non-hydrogen) atoms. The Morgan fingerprint density at radius 2 is 2.33 bits per heavy atom. The molecule has 2 rings (SSSR count). The van der Waals surface area contributed by atoms with Crippen LogP contribution in [-0.2, 0) is 0 Å². The Morgan fingerprint density at radius 3 is 2.93 bits per heavy atom. The van der Waals surface area contributed by atoms with Crippen molar-refractivity contribution < 1.29 is 4.79 Å². The number of anilines is 1. The molecule has 2 aromatic heterocycles. The number of amides is 1. The third-order valence-electron chi connectivity index (χ3n) is 1.77. The van der Waals surface area contributed by atoms with Crippen molar-refractivity contribution >= 4 is 23.3 Å². The Balaban J connectivity index is 2.11. The highest BCUT2D eigenvalue weighted by Gasteiger charge is 2.09. The third kappa shape index (κ3) is 2.38. The number of nitrogens with one attached hydrogen (secondary N) is 1. The molecule has 5 heteroatoms. The van der Waals surface area contributed by atoms with E-state index in [0.29, 0.717) is 11.5 Å². The van der Waals surface area contributed by atoms with Crippen LogP contribution < -0.4 is 5.32 Å². The Morgan fingerprint density at radius 1 is 1.47 bits per heavy atom. The van der Waals surface area contributed by atoms with Crippen LogP contribution in [0.5, 0.6) is 0 Å². The summed E-state index contributed by atoms with van der Waals surface area (Å²) in [5.74, 6) is 0.311. The zero-order valence-corrected chi connectivity index (χ0v) is 8.91. The fourth-order valence-electron chi connectivity index (χ4n) is 1.09. The van der Waals surface area contributed by atoms with Gasteiger partial charge in [-0.25, -0.2) is 4.98 Å². The van der Waals surface area contributed by atoms with Crippen molar-refractivity contribution in [2.45, 2.75) is 6.92 Å². The Hall–Kier alpha value is -1.75. The minimum absolute atomic E-state index is 0.224. The molecule has 0 fully saturated rings. The summed E-state index contributed by atoms with van der Waals surface area (Å²) in [6.07, 6.45) is 1.63. The molecule has 0 atom stereocenters. The smallest absolute Gasteiger partial charge is 0.276 e. The Kier molecular flexibility index (Phi) is 2.73. The number of nitrogens with zero attached hydrogens (tertiary/aromatic N) is 2. The van der Waals surface area contributed by atoms with E-state index in [1.807, 2.05) is 13.0 Å². The van der Waals surface area contributed by atoms with Gasteiger partial charge in [0.15, 0.2) is 0 Å². The van der Waals surface area contributed by atoms with E-state index >= 15 is 0 Å². The molecule has 1 amide bonds. The summed E-state index contributed by atoms with van der Waals surface area (Å²) in [6, 6.07) is 7.09. The number of carbonyl (C=O) groups excluding carboxylic acids is 1. The number of pyridine rings is 1. The lowest BCUT2D eigenvalue weighted by atomic mass is 10.3. The minimum Gasteiger partial charge on any atom is -0.305 e. The number of aromatic nitrogens is 2. The molecule has 0 aromatic carbocycles. The van der Waals surface area contributed by atoms with Crippen LogP contribution in [0.3, 0.4) is 0 Å². The normalized spacial score (nSPS) is 9.93. The minimum atomic E-state index is -0.224. The van der Waals surface area contributed by atoms with Crippen LogP contribution in [0.15, 0.2) is 30.5 Å². The summed E-state index contributed by atoms with van der Waals surface area (Å²) in [4.78, 5) is 16.6. The SMILES string of the molecule is Cc1cc(C(=O)Nc2ccccn2)ns1. The molecular weight excluding hydrogens is 210 g/mol. The van der Waals surface area contributed by atoms with Crippen molar-refractivity contribution in [3.05, 3.63) is 41.0 Å². The van der Waals surface area contributed by atoms with Gasteiger partial charge in [0.2, 0.25) is 0 Å². The van der Waals surface area contributed by atoms with Gasteiger partial charge < -0.3 is 5.32 Å². The van der Waals surface area contributed by atoms with Crippen molar-refractivity contribution in [1.29, 1.82) is 0 Å². The van der Waals surface area contributed by atoms with Gasteiger partial charge in [0, 0.05) is 11.1 Å². The van der Waals surface area contributed by atoms with Gasteiger partial charge >= 0.3 is 0 Å². The molecule has 0 saturated heterocycles. The number of rotatable bonds is 2. The standard InChI is InChI=1S/C10H9N3OS/c1-7-6-8(13-15-7)10(14)12-9-4-2-3-5-11-9/h2-6H,1H3,(H,11,12,14). The summed E-state index contributed by atoms with van der Waals surface area (Å²) in [5.41, 5.74) is 0.433. The van der Waals surface area contributed by atoms with Crippen LogP contribution in [0, 0.1) is 6.92 Å². The highest BCUT2D eigenvalue weighted by Crippen LogP contribution is 2.10. The quantitative estimate of drug-likeness (QED) is 0.841. The van der Waals surface area contributed by atoms with Gasteiger partial charge in [-0.1, -0.05) is 6.07 Å². The molecule has 1 N–H and O–H groups in total. The first-order valence-electron chi connectivity index (χ1n) is 4.41. The maximum Gasteiger partial charge on any atom is 0.276 e. The molecule has 0 spiro atoms. The zero-order chi connectivity index (χ0) is 10.7. The van der Waals surface area contributed by atoms with Gasteiger partial charge in [-0.15, -0.1) is 0 Å². The van der Waals surface area contributed by atoms with Crippen LogP contribution in [0.2, 0.25) is 0 Å². The van der Waals surface area contributed by atoms with E-state index in [0.717, 1.165) is 4.88 Å². The Bertz CT molecular complexity index is 467. The van der Waals surface area contributed by atoms with Crippen LogP contribution in [-0.4, -0.2) is 15.3 Å². The molecule has 0 unspecified atom stereocenters. The van der Waals surface area contributed by atoms with Crippen LogP contribution >= 0.6 is 11.5 Å². The fraction of sp³-hybridized carbons (Fsp3) is 0.100. The first-order chi connectivity index (χ1) is 7.25. The molecule has 0 radical (unpaired) electrons. The summed E-state index contributed by atoms with van der Waals surface area (Å²) in [5, 5.41) is 2.67. The second-order valence-corrected chi connectivity index (χ2v) is 4.00. The molecular formula is C10H9N3OS. The average Bonchev–Trinajstić information content (AvgIpc) is 2.66. The lowest BCUT2D eigenvalue weighted by Crippen LogP contribution is -2.12. The van der Waals surface area contributed by atoms with Crippen molar-refractivity contribution in [3.8, 4) is 0 Å². The monoisotopic (exact) mass is 219 g/mol. The number of hydrogen-bond acceptors (Lipinski definition) is 4. The van der Waals surface area contributed by atoms with Gasteiger partial charge in [-0.05, 0) is 36.7 Å². The zero-order valence-electron chi connectivity index (χ0n) is 8.10. The van der Waals surface area contributed by atoms with Crippen molar-refractivity contribution in [2.75, 3.05) is 5.32 Å². The lowest BCUT2D eigenvalue weighted by molar-refractivity contribution is 0.102. The van der Waals surface area contributed by atoms with Gasteiger partial charge in [0.05, 0.1) is 0 Å².